The molecule has 0 amide bonds. The van der Waals surface area contributed by atoms with Crippen LogP contribution in [0.5, 0.6) is 0 Å². The van der Waals surface area contributed by atoms with Crippen molar-refractivity contribution >= 4 is 11.8 Å². The van der Waals surface area contributed by atoms with Crippen LogP contribution in [0.4, 0.5) is 4.39 Å². The van der Waals surface area contributed by atoms with Gasteiger partial charge in [-0.25, -0.2) is 4.39 Å². The molecule has 1 heterocycles. The van der Waals surface area contributed by atoms with Gasteiger partial charge in [-0.1, -0.05) is 6.07 Å². The molecule has 1 aromatic carbocycles. The molecule has 1 aliphatic heterocycles. The van der Waals surface area contributed by atoms with E-state index in [2.05, 4.69) is 0 Å². The summed E-state index contributed by atoms with van der Waals surface area (Å²) in [4.78, 5) is 0. The third kappa shape index (κ3) is 2.52. The third-order valence-corrected chi connectivity index (χ3v) is 4.15. The van der Waals surface area contributed by atoms with E-state index in [9.17, 15) is 9.50 Å². The van der Waals surface area contributed by atoms with Gasteiger partial charge in [0.05, 0.1) is 5.60 Å². The van der Waals surface area contributed by atoms with Gasteiger partial charge < -0.3 is 5.11 Å². The molecule has 1 aromatic rings. The summed E-state index contributed by atoms with van der Waals surface area (Å²) in [5.74, 6) is 1.55. The molecule has 2 rings (SSSR count). The number of halogens is 1. The molecular formula is C12H15FOS. The minimum atomic E-state index is -0.622. The lowest BCUT2D eigenvalue weighted by molar-refractivity contribution is 0.0684. The second-order valence-corrected chi connectivity index (χ2v) is 5.38. The highest BCUT2D eigenvalue weighted by Crippen LogP contribution is 2.31. The SMILES string of the molecule is Cc1ccc(F)cc1CC1(O)CCSC1. The van der Waals surface area contributed by atoms with Crippen molar-refractivity contribution < 1.29 is 9.50 Å². The van der Waals surface area contributed by atoms with E-state index in [0.717, 1.165) is 29.1 Å². The zero-order valence-corrected chi connectivity index (χ0v) is 9.61. The maximum absolute atomic E-state index is 13.1. The Morgan fingerprint density at radius 3 is 3.00 bits per heavy atom. The minimum Gasteiger partial charge on any atom is -0.389 e. The number of thioether (sulfide) groups is 1. The summed E-state index contributed by atoms with van der Waals surface area (Å²) < 4.78 is 13.1. The number of aliphatic hydroxyl groups is 1. The van der Waals surface area contributed by atoms with E-state index in [1.165, 1.54) is 12.1 Å². The highest BCUT2D eigenvalue weighted by atomic mass is 32.2. The summed E-state index contributed by atoms with van der Waals surface area (Å²) in [5, 5.41) is 10.2. The zero-order valence-electron chi connectivity index (χ0n) is 8.79. The lowest BCUT2D eigenvalue weighted by atomic mass is 9.92. The lowest BCUT2D eigenvalue weighted by Crippen LogP contribution is -2.31. The molecule has 15 heavy (non-hydrogen) atoms. The number of rotatable bonds is 2. The molecule has 0 bridgehead atoms. The van der Waals surface area contributed by atoms with Gasteiger partial charge in [0.15, 0.2) is 0 Å². The molecule has 1 atom stereocenters. The predicted molar refractivity (Wildman–Crippen MR) is 61.7 cm³/mol. The fraction of sp³-hybridized carbons (Fsp3) is 0.500. The molecule has 3 heteroatoms. The van der Waals surface area contributed by atoms with Gasteiger partial charge in [0.2, 0.25) is 0 Å². The molecule has 1 aliphatic rings. The summed E-state index contributed by atoms with van der Waals surface area (Å²) in [6.07, 6.45) is 1.39. The Hall–Kier alpha value is -0.540. The average Bonchev–Trinajstić information content (AvgIpc) is 2.59. The molecule has 0 spiro atoms. The summed E-state index contributed by atoms with van der Waals surface area (Å²) in [7, 11) is 0. The Kier molecular flexibility index (Phi) is 3.03. The van der Waals surface area contributed by atoms with Gasteiger partial charge in [-0.05, 0) is 42.4 Å². The first-order chi connectivity index (χ1) is 7.09. The summed E-state index contributed by atoms with van der Waals surface area (Å²) >= 11 is 1.77. The van der Waals surface area contributed by atoms with Crippen molar-refractivity contribution in [2.24, 2.45) is 0 Å². The Morgan fingerprint density at radius 1 is 1.53 bits per heavy atom. The van der Waals surface area contributed by atoms with E-state index in [1.54, 1.807) is 17.8 Å². The predicted octanol–water partition coefficient (Wildman–Crippen LogP) is 2.54. The van der Waals surface area contributed by atoms with Gasteiger partial charge in [-0.2, -0.15) is 11.8 Å². The fourth-order valence-electron chi connectivity index (χ4n) is 1.92. The van der Waals surface area contributed by atoms with Crippen molar-refractivity contribution in [2.75, 3.05) is 11.5 Å². The van der Waals surface area contributed by atoms with Crippen LogP contribution in [0.1, 0.15) is 17.5 Å². The standard InChI is InChI=1S/C12H15FOS/c1-9-2-3-11(13)6-10(9)7-12(14)4-5-15-8-12/h2-3,6,14H,4-5,7-8H2,1H3. The largest absolute Gasteiger partial charge is 0.389 e. The first kappa shape index (κ1) is 11.0. The van der Waals surface area contributed by atoms with Crippen LogP contribution in [-0.4, -0.2) is 22.2 Å². The van der Waals surface area contributed by atoms with Crippen LogP contribution in [-0.2, 0) is 6.42 Å². The molecule has 0 aromatic heterocycles. The van der Waals surface area contributed by atoms with Gasteiger partial charge in [0, 0.05) is 12.2 Å². The number of aryl methyl sites for hydroxylation is 1. The second-order valence-electron chi connectivity index (χ2n) is 4.27. The maximum atomic E-state index is 13.1. The van der Waals surface area contributed by atoms with E-state index in [0.29, 0.717) is 6.42 Å². The molecule has 1 N–H and O–H groups in total. The second kappa shape index (κ2) is 4.14. The minimum absolute atomic E-state index is 0.218. The lowest BCUT2D eigenvalue weighted by Gasteiger charge is -2.22. The van der Waals surface area contributed by atoms with Crippen molar-refractivity contribution in [2.45, 2.75) is 25.4 Å². The molecule has 1 nitrogen and oxygen atoms in total. The molecular weight excluding hydrogens is 211 g/mol. The van der Waals surface area contributed by atoms with E-state index in [-0.39, 0.29) is 5.82 Å². The Morgan fingerprint density at radius 2 is 2.33 bits per heavy atom. The molecule has 82 valence electrons. The molecule has 1 unspecified atom stereocenters. The molecule has 0 saturated carbocycles. The molecule has 0 aliphatic carbocycles. The highest BCUT2D eigenvalue weighted by Gasteiger charge is 2.32. The first-order valence-corrected chi connectivity index (χ1v) is 6.30. The first-order valence-electron chi connectivity index (χ1n) is 5.14. The Bertz CT molecular complexity index is 359. The van der Waals surface area contributed by atoms with Crippen LogP contribution in [0, 0.1) is 12.7 Å². The van der Waals surface area contributed by atoms with Gasteiger partial charge in [0.1, 0.15) is 5.82 Å². The molecule has 1 fully saturated rings. The van der Waals surface area contributed by atoms with Crippen LogP contribution < -0.4 is 0 Å². The fourth-order valence-corrected chi connectivity index (χ4v) is 3.22. The van der Waals surface area contributed by atoms with Crippen LogP contribution in [0.2, 0.25) is 0 Å². The van der Waals surface area contributed by atoms with Crippen molar-refractivity contribution in [3.8, 4) is 0 Å². The normalized spacial score (nSPS) is 25.8. The number of hydrogen-bond donors (Lipinski definition) is 1. The summed E-state index contributed by atoms with van der Waals surface area (Å²) in [6.45, 7) is 1.96. The van der Waals surface area contributed by atoms with E-state index >= 15 is 0 Å². The maximum Gasteiger partial charge on any atom is 0.123 e. The average molecular weight is 226 g/mol. The van der Waals surface area contributed by atoms with Crippen molar-refractivity contribution in [3.63, 3.8) is 0 Å². The van der Waals surface area contributed by atoms with Crippen LogP contribution in [0.3, 0.4) is 0 Å². The summed E-state index contributed by atoms with van der Waals surface area (Å²) in [6, 6.07) is 4.78. The Labute approximate surface area is 93.7 Å². The third-order valence-electron chi connectivity index (χ3n) is 2.91. The quantitative estimate of drug-likeness (QED) is 0.836. The number of benzene rings is 1. The van der Waals surface area contributed by atoms with Crippen LogP contribution in [0.25, 0.3) is 0 Å². The number of hydrogen-bond acceptors (Lipinski definition) is 2. The van der Waals surface area contributed by atoms with Gasteiger partial charge in [0.25, 0.3) is 0 Å². The Balaban J connectivity index is 2.19. The molecule has 0 radical (unpaired) electrons. The van der Waals surface area contributed by atoms with E-state index in [1.807, 2.05) is 6.92 Å². The van der Waals surface area contributed by atoms with Crippen molar-refractivity contribution in [1.29, 1.82) is 0 Å². The van der Waals surface area contributed by atoms with Gasteiger partial charge >= 0.3 is 0 Å². The monoisotopic (exact) mass is 226 g/mol. The molecule has 1 saturated heterocycles. The van der Waals surface area contributed by atoms with Crippen LogP contribution >= 0.6 is 11.8 Å². The van der Waals surface area contributed by atoms with Crippen molar-refractivity contribution in [3.05, 3.63) is 35.1 Å². The van der Waals surface area contributed by atoms with E-state index in [4.69, 9.17) is 0 Å². The topological polar surface area (TPSA) is 20.2 Å². The smallest absolute Gasteiger partial charge is 0.123 e. The van der Waals surface area contributed by atoms with Gasteiger partial charge in [-0.15, -0.1) is 0 Å². The van der Waals surface area contributed by atoms with Gasteiger partial charge in [-0.3, -0.25) is 0 Å². The highest BCUT2D eigenvalue weighted by molar-refractivity contribution is 7.99. The zero-order chi connectivity index (χ0) is 10.9. The van der Waals surface area contributed by atoms with Crippen molar-refractivity contribution in [1.82, 2.24) is 0 Å². The van der Waals surface area contributed by atoms with Crippen LogP contribution in [0.15, 0.2) is 18.2 Å². The van der Waals surface area contributed by atoms with E-state index < -0.39 is 5.60 Å². The summed E-state index contributed by atoms with van der Waals surface area (Å²) in [5.41, 5.74) is 1.37.